The number of carbonyl (C=O) groups excluding carboxylic acids is 1. The Morgan fingerprint density at radius 3 is 2.58 bits per heavy atom. The zero-order chi connectivity index (χ0) is 8.81. The summed E-state index contributed by atoms with van der Waals surface area (Å²) in [4.78, 5) is 11.2. The van der Waals surface area contributed by atoms with E-state index >= 15 is 0 Å². The number of aliphatic hydroxyl groups excluding tert-OH is 1. The van der Waals surface area contributed by atoms with Crippen molar-refractivity contribution < 1.29 is 9.90 Å². The number of rotatable bonds is 3. The molecule has 1 aromatic carbocycles. The Labute approximate surface area is 71.2 Å². The van der Waals surface area contributed by atoms with E-state index in [4.69, 9.17) is 5.11 Å². The van der Waals surface area contributed by atoms with Gasteiger partial charge in [-0.15, -0.1) is 0 Å². The SMILES string of the molecule is O=C(/C=C\CO)c1ccccc1. The summed E-state index contributed by atoms with van der Waals surface area (Å²) in [5.74, 6) is -0.0790. The molecule has 1 N–H and O–H groups in total. The molecule has 2 nitrogen and oxygen atoms in total. The van der Waals surface area contributed by atoms with Gasteiger partial charge in [0.05, 0.1) is 6.61 Å². The molecule has 0 aromatic heterocycles. The molecule has 1 aromatic rings. The highest BCUT2D eigenvalue weighted by molar-refractivity contribution is 6.04. The second-order valence-corrected chi connectivity index (χ2v) is 2.32. The molecule has 0 fully saturated rings. The number of hydrogen-bond acceptors (Lipinski definition) is 2. The summed E-state index contributed by atoms with van der Waals surface area (Å²) in [5.41, 5.74) is 0.641. The van der Waals surface area contributed by atoms with Crippen LogP contribution in [0.4, 0.5) is 0 Å². The summed E-state index contributed by atoms with van der Waals surface area (Å²) in [6, 6.07) is 8.95. The van der Waals surface area contributed by atoms with Crippen molar-refractivity contribution in [2.75, 3.05) is 6.61 Å². The maximum absolute atomic E-state index is 11.2. The van der Waals surface area contributed by atoms with Gasteiger partial charge >= 0.3 is 0 Å². The van der Waals surface area contributed by atoms with Crippen LogP contribution in [0.5, 0.6) is 0 Å². The van der Waals surface area contributed by atoms with Crippen molar-refractivity contribution in [3.05, 3.63) is 48.0 Å². The molecule has 0 saturated heterocycles. The average Bonchev–Trinajstić information content (AvgIpc) is 2.15. The number of hydrogen-bond donors (Lipinski definition) is 1. The summed E-state index contributed by atoms with van der Waals surface area (Å²) in [7, 11) is 0. The minimum absolute atomic E-state index is 0.0790. The molecular weight excluding hydrogens is 152 g/mol. The lowest BCUT2D eigenvalue weighted by molar-refractivity contribution is 0.104. The van der Waals surface area contributed by atoms with E-state index in [9.17, 15) is 4.79 Å². The molecule has 0 bridgehead atoms. The van der Waals surface area contributed by atoms with Crippen LogP contribution in [-0.2, 0) is 0 Å². The number of ketones is 1. The van der Waals surface area contributed by atoms with Gasteiger partial charge in [-0.1, -0.05) is 36.4 Å². The molecule has 0 saturated carbocycles. The smallest absolute Gasteiger partial charge is 0.185 e. The highest BCUT2D eigenvalue weighted by atomic mass is 16.2. The summed E-state index contributed by atoms with van der Waals surface area (Å²) < 4.78 is 0. The highest BCUT2D eigenvalue weighted by Gasteiger charge is 1.97. The minimum Gasteiger partial charge on any atom is -0.392 e. The van der Waals surface area contributed by atoms with E-state index in [1.807, 2.05) is 6.07 Å². The number of carbonyl (C=O) groups is 1. The molecule has 2 heteroatoms. The standard InChI is InChI=1S/C10H10O2/c11-8-4-7-10(12)9-5-2-1-3-6-9/h1-7,11H,8H2/b7-4-. The van der Waals surface area contributed by atoms with Crippen LogP contribution in [0, 0.1) is 0 Å². The maximum Gasteiger partial charge on any atom is 0.185 e. The lowest BCUT2D eigenvalue weighted by Gasteiger charge is -1.92. The zero-order valence-electron chi connectivity index (χ0n) is 6.60. The van der Waals surface area contributed by atoms with E-state index < -0.39 is 0 Å². The normalized spacial score (nSPS) is 10.4. The van der Waals surface area contributed by atoms with E-state index in [0.717, 1.165) is 0 Å². The number of aliphatic hydroxyl groups is 1. The molecule has 0 aliphatic rings. The van der Waals surface area contributed by atoms with Gasteiger partial charge in [0, 0.05) is 5.56 Å². The van der Waals surface area contributed by atoms with E-state index in [1.54, 1.807) is 24.3 Å². The number of benzene rings is 1. The maximum atomic E-state index is 11.2. The third kappa shape index (κ3) is 2.32. The lowest BCUT2D eigenvalue weighted by Crippen LogP contribution is -1.93. The molecule has 0 aliphatic carbocycles. The van der Waals surface area contributed by atoms with Crippen molar-refractivity contribution in [1.82, 2.24) is 0 Å². The van der Waals surface area contributed by atoms with Gasteiger partial charge in [-0.25, -0.2) is 0 Å². The average molecular weight is 162 g/mol. The van der Waals surface area contributed by atoms with Crippen molar-refractivity contribution in [3.63, 3.8) is 0 Å². The van der Waals surface area contributed by atoms with Crippen LogP contribution in [0.2, 0.25) is 0 Å². The van der Waals surface area contributed by atoms with E-state index in [1.165, 1.54) is 12.2 Å². The molecule has 0 heterocycles. The molecule has 0 atom stereocenters. The molecule has 0 spiro atoms. The third-order valence-corrected chi connectivity index (χ3v) is 1.43. The molecule has 0 aliphatic heterocycles. The Morgan fingerprint density at radius 2 is 2.00 bits per heavy atom. The van der Waals surface area contributed by atoms with Gasteiger partial charge in [-0.2, -0.15) is 0 Å². The van der Waals surface area contributed by atoms with Crippen molar-refractivity contribution in [1.29, 1.82) is 0 Å². The van der Waals surface area contributed by atoms with Gasteiger partial charge in [-0.3, -0.25) is 4.79 Å². The van der Waals surface area contributed by atoms with Crippen LogP contribution in [0.3, 0.4) is 0 Å². The molecule has 12 heavy (non-hydrogen) atoms. The first-order chi connectivity index (χ1) is 5.84. The minimum atomic E-state index is -0.0986. The van der Waals surface area contributed by atoms with Crippen molar-refractivity contribution in [2.45, 2.75) is 0 Å². The first-order valence-corrected chi connectivity index (χ1v) is 3.71. The van der Waals surface area contributed by atoms with Gasteiger partial charge in [0.15, 0.2) is 5.78 Å². The summed E-state index contributed by atoms with van der Waals surface area (Å²) in [6.07, 6.45) is 2.80. The van der Waals surface area contributed by atoms with E-state index in [0.29, 0.717) is 5.56 Å². The van der Waals surface area contributed by atoms with Gasteiger partial charge in [0.2, 0.25) is 0 Å². The van der Waals surface area contributed by atoms with Crippen LogP contribution in [0.15, 0.2) is 42.5 Å². The largest absolute Gasteiger partial charge is 0.392 e. The first kappa shape index (κ1) is 8.68. The summed E-state index contributed by atoms with van der Waals surface area (Å²) in [5, 5.41) is 8.42. The Kier molecular flexibility index (Phi) is 3.23. The third-order valence-electron chi connectivity index (χ3n) is 1.43. The Balaban J connectivity index is 2.72. The van der Waals surface area contributed by atoms with E-state index in [2.05, 4.69) is 0 Å². The lowest BCUT2D eigenvalue weighted by atomic mass is 10.1. The molecule has 62 valence electrons. The van der Waals surface area contributed by atoms with Crippen LogP contribution in [-0.4, -0.2) is 17.5 Å². The van der Waals surface area contributed by atoms with Crippen LogP contribution in [0.1, 0.15) is 10.4 Å². The first-order valence-electron chi connectivity index (χ1n) is 3.71. The Hall–Kier alpha value is -1.41. The van der Waals surface area contributed by atoms with E-state index in [-0.39, 0.29) is 12.4 Å². The Morgan fingerprint density at radius 1 is 1.33 bits per heavy atom. The van der Waals surface area contributed by atoms with Gasteiger partial charge in [-0.05, 0) is 6.08 Å². The molecule has 0 radical (unpaired) electrons. The van der Waals surface area contributed by atoms with Gasteiger partial charge in [0.1, 0.15) is 0 Å². The van der Waals surface area contributed by atoms with Crippen molar-refractivity contribution in [3.8, 4) is 0 Å². The molecular formula is C10H10O2. The highest BCUT2D eigenvalue weighted by Crippen LogP contribution is 2.00. The van der Waals surface area contributed by atoms with Crippen molar-refractivity contribution >= 4 is 5.78 Å². The van der Waals surface area contributed by atoms with Crippen LogP contribution < -0.4 is 0 Å². The predicted octanol–water partition coefficient (Wildman–Crippen LogP) is 1.42. The monoisotopic (exact) mass is 162 g/mol. The number of allylic oxidation sites excluding steroid dienone is 1. The topological polar surface area (TPSA) is 37.3 Å². The van der Waals surface area contributed by atoms with Gasteiger partial charge in [0.25, 0.3) is 0 Å². The predicted molar refractivity (Wildman–Crippen MR) is 47.0 cm³/mol. The fraction of sp³-hybridized carbons (Fsp3) is 0.100. The fourth-order valence-electron chi connectivity index (χ4n) is 0.858. The second-order valence-electron chi connectivity index (χ2n) is 2.32. The van der Waals surface area contributed by atoms with Crippen LogP contribution >= 0.6 is 0 Å². The molecule has 0 amide bonds. The Bertz CT molecular complexity index is 275. The van der Waals surface area contributed by atoms with Crippen molar-refractivity contribution in [2.24, 2.45) is 0 Å². The summed E-state index contributed by atoms with van der Waals surface area (Å²) in [6.45, 7) is -0.0986. The fourth-order valence-corrected chi connectivity index (χ4v) is 0.858. The summed E-state index contributed by atoms with van der Waals surface area (Å²) >= 11 is 0. The van der Waals surface area contributed by atoms with Gasteiger partial charge < -0.3 is 5.11 Å². The van der Waals surface area contributed by atoms with Crippen LogP contribution in [0.25, 0.3) is 0 Å². The zero-order valence-corrected chi connectivity index (χ0v) is 6.60. The quantitative estimate of drug-likeness (QED) is 0.539. The second kappa shape index (κ2) is 4.46. The molecule has 0 unspecified atom stereocenters. The molecule has 1 rings (SSSR count).